The number of rotatable bonds is 14. The Kier molecular flexibility index (Phi) is 23.2. The number of hydrogen-bond acceptors (Lipinski definition) is 8. The lowest BCUT2D eigenvalue weighted by Gasteiger charge is -2.13. The van der Waals surface area contributed by atoms with Gasteiger partial charge in [-0.2, -0.15) is 0 Å². The minimum Gasteiger partial charge on any atom is -0.513 e. The number of allylic oxidation sites excluding steroid dienone is 5. The first kappa shape index (κ1) is 39.3. The number of aliphatic hydroxyl groups excluding tert-OH is 2. The molecule has 1 atom stereocenters. The third kappa shape index (κ3) is 18.7. The van der Waals surface area contributed by atoms with Crippen molar-refractivity contribution in [2.45, 2.75) is 38.8 Å². The van der Waals surface area contributed by atoms with E-state index in [1.165, 1.54) is 12.7 Å². The highest BCUT2D eigenvalue weighted by atomic mass is 16.5. The number of aryl methyl sites for hydroxylation is 1. The largest absolute Gasteiger partial charge is 0.513 e. The summed E-state index contributed by atoms with van der Waals surface area (Å²) in [6.45, 7) is 6.06. The molecule has 238 valence electrons. The molecule has 0 fully saturated rings. The highest BCUT2D eigenvalue weighted by Gasteiger charge is 2.06. The summed E-state index contributed by atoms with van der Waals surface area (Å²) < 4.78 is 16.6. The van der Waals surface area contributed by atoms with E-state index in [0.29, 0.717) is 25.3 Å². The number of hydrogen-bond donors (Lipinski definition) is 4. The Morgan fingerprint density at radius 2 is 1.59 bits per heavy atom. The summed E-state index contributed by atoms with van der Waals surface area (Å²) in [7, 11) is 2.50. The Bertz CT molecular complexity index is 1250. The standard InChI is InChI=1S/C29H30O3.C4H9NO2.CH2O2.CH4O/c1-3-24(20-19-23(2)30)11-9-14-26-13-7-8-18-29(26)31-22-25-12-10-17-28(21-25)32-27-15-5-4-6-16-27;1-7-3-4(5)2-6;2-1-3;1-2/h3-8,10,12-13,15-21,30H,1,9,11,14,22H2,2H3;2,4H,3,5H2,1H3;1H,(H,2,3);2H,1H3/b23-19+,24-20+;;;/t;4-;;/m.1../s1. The number of carboxylic acid groups (broad SMARTS) is 1. The number of carbonyl (C=O) groups is 2. The van der Waals surface area contributed by atoms with Gasteiger partial charge in [0.2, 0.25) is 0 Å². The monoisotopic (exact) mass is 607 g/mol. The Hall–Kier alpha value is -4.70. The lowest BCUT2D eigenvalue weighted by molar-refractivity contribution is -0.122. The van der Waals surface area contributed by atoms with Gasteiger partial charge in [-0.1, -0.05) is 67.3 Å². The molecule has 0 amide bonds. The van der Waals surface area contributed by atoms with Gasteiger partial charge in [-0.25, -0.2) is 0 Å². The van der Waals surface area contributed by atoms with Crippen LogP contribution in [0.4, 0.5) is 0 Å². The summed E-state index contributed by atoms with van der Waals surface area (Å²) in [6, 6.07) is 25.4. The Morgan fingerprint density at radius 3 is 2.18 bits per heavy atom. The molecule has 0 aromatic heterocycles. The number of nitrogens with two attached hydrogens (primary N) is 1. The van der Waals surface area contributed by atoms with Crippen molar-refractivity contribution in [3.8, 4) is 17.2 Å². The van der Waals surface area contributed by atoms with Crippen LogP contribution in [0.15, 0.2) is 115 Å². The summed E-state index contributed by atoms with van der Waals surface area (Å²) >= 11 is 0. The average Bonchev–Trinajstić information content (AvgIpc) is 3.04. The molecule has 0 unspecified atom stereocenters. The van der Waals surface area contributed by atoms with Crippen molar-refractivity contribution in [2.24, 2.45) is 5.73 Å². The van der Waals surface area contributed by atoms with Gasteiger partial charge in [0, 0.05) is 14.2 Å². The van der Waals surface area contributed by atoms with E-state index < -0.39 is 6.04 Å². The molecule has 44 heavy (non-hydrogen) atoms. The van der Waals surface area contributed by atoms with Gasteiger partial charge in [0.15, 0.2) is 0 Å². The Morgan fingerprint density at radius 1 is 0.955 bits per heavy atom. The number of benzene rings is 3. The zero-order valence-corrected chi connectivity index (χ0v) is 25.7. The number of aliphatic hydroxyl groups is 2. The van der Waals surface area contributed by atoms with Crippen LogP contribution in [0.2, 0.25) is 0 Å². The van der Waals surface area contributed by atoms with Gasteiger partial charge < -0.3 is 40.1 Å². The molecule has 5 N–H and O–H groups in total. The van der Waals surface area contributed by atoms with Gasteiger partial charge in [0.25, 0.3) is 6.47 Å². The second-order valence-electron chi connectivity index (χ2n) is 8.93. The summed E-state index contributed by atoms with van der Waals surface area (Å²) in [5, 5.41) is 23.2. The molecule has 9 nitrogen and oxygen atoms in total. The first-order chi connectivity index (χ1) is 21.4. The molecule has 3 rings (SSSR count). The second kappa shape index (κ2) is 26.0. The van der Waals surface area contributed by atoms with Crippen LogP contribution >= 0.6 is 0 Å². The molecule has 0 aliphatic heterocycles. The maximum atomic E-state index is 9.69. The molecule has 3 aromatic carbocycles. The maximum Gasteiger partial charge on any atom is 0.290 e. The van der Waals surface area contributed by atoms with Crippen LogP contribution in [-0.4, -0.2) is 54.9 Å². The minimum atomic E-state index is -0.454. The third-order valence-corrected chi connectivity index (χ3v) is 5.49. The lowest BCUT2D eigenvalue weighted by atomic mass is 10.0. The van der Waals surface area contributed by atoms with Crippen molar-refractivity contribution in [1.82, 2.24) is 0 Å². The van der Waals surface area contributed by atoms with Crippen molar-refractivity contribution in [1.29, 1.82) is 0 Å². The van der Waals surface area contributed by atoms with Gasteiger partial charge in [0.05, 0.1) is 18.4 Å². The Labute approximate surface area is 260 Å². The van der Waals surface area contributed by atoms with E-state index >= 15 is 0 Å². The fourth-order valence-corrected chi connectivity index (χ4v) is 3.53. The fourth-order valence-electron chi connectivity index (χ4n) is 3.53. The van der Waals surface area contributed by atoms with Crippen molar-refractivity contribution >= 4 is 12.8 Å². The van der Waals surface area contributed by atoms with E-state index in [-0.39, 0.29) is 6.47 Å². The topological polar surface area (TPSA) is 149 Å². The van der Waals surface area contributed by atoms with Gasteiger partial charge in [-0.05, 0) is 79.3 Å². The van der Waals surface area contributed by atoms with Gasteiger partial charge in [-0.15, -0.1) is 0 Å². The molecule has 0 heterocycles. The summed E-state index contributed by atoms with van der Waals surface area (Å²) in [5.74, 6) is 2.80. The van der Waals surface area contributed by atoms with E-state index in [0.717, 1.165) is 54.8 Å². The average molecular weight is 608 g/mol. The molecule has 3 aromatic rings. The van der Waals surface area contributed by atoms with Crippen molar-refractivity contribution in [3.63, 3.8) is 0 Å². The molecule has 0 aliphatic carbocycles. The predicted molar refractivity (Wildman–Crippen MR) is 174 cm³/mol. The molecular formula is C35H45NO8. The molecule has 0 saturated heterocycles. The second-order valence-corrected chi connectivity index (χ2v) is 8.93. The van der Waals surface area contributed by atoms with Crippen LogP contribution in [0.3, 0.4) is 0 Å². The van der Waals surface area contributed by atoms with E-state index in [4.69, 9.17) is 30.2 Å². The van der Waals surface area contributed by atoms with Crippen molar-refractivity contribution in [3.05, 3.63) is 126 Å². The highest BCUT2D eigenvalue weighted by molar-refractivity contribution is 5.57. The SMILES string of the molecule is C=C/C(=C\C=C(/C)O)CCCc1ccccc1OCc1cccc(Oc2ccccc2)c1.CO.COC[C@H](N)C=O.O=CO. The number of para-hydroxylation sites is 2. The molecular weight excluding hydrogens is 562 g/mol. The van der Waals surface area contributed by atoms with Crippen molar-refractivity contribution in [2.75, 3.05) is 20.8 Å². The number of carbonyl (C=O) groups excluding carboxylic acids is 1. The molecule has 0 spiro atoms. The maximum absolute atomic E-state index is 9.69. The van der Waals surface area contributed by atoms with Gasteiger partial charge >= 0.3 is 0 Å². The van der Waals surface area contributed by atoms with Crippen LogP contribution in [-0.2, 0) is 27.4 Å². The number of methoxy groups -OCH3 is 1. The first-order valence-electron chi connectivity index (χ1n) is 13.8. The number of ether oxygens (including phenoxy) is 3. The lowest BCUT2D eigenvalue weighted by Crippen LogP contribution is -2.26. The summed E-state index contributed by atoms with van der Waals surface area (Å²) in [4.78, 5) is 18.1. The minimum absolute atomic E-state index is 0.250. The number of aldehydes is 1. The van der Waals surface area contributed by atoms with Crippen LogP contribution in [0.5, 0.6) is 17.2 Å². The normalized spacial score (nSPS) is 11.1. The van der Waals surface area contributed by atoms with E-state index in [1.54, 1.807) is 13.0 Å². The fraction of sp³-hybridized carbons (Fsp3) is 0.257. The highest BCUT2D eigenvalue weighted by Crippen LogP contribution is 2.25. The van der Waals surface area contributed by atoms with Crippen LogP contribution < -0.4 is 15.2 Å². The Balaban J connectivity index is 0.00000132. The first-order valence-corrected chi connectivity index (χ1v) is 13.8. The molecule has 0 aliphatic rings. The van der Waals surface area contributed by atoms with Gasteiger partial charge in [0.1, 0.15) is 30.1 Å². The third-order valence-electron chi connectivity index (χ3n) is 5.49. The quantitative estimate of drug-likeness (QED) is 0.0925. The zero-order valence-electron chi connectivity index (χ0n) is 25.7. The zero-order chi connectivity index (χ0) is 33.0. The summed E-state index contributed by atoms with van der Waals surface area (Å²) in [5.41, 5.74) is 8.43. The van der Waals surface area contributed by atoms with E-state index in [2.05, 4.69) is 17.4 Å². The molecule has 0 saturated carbocycles. The summed E-state index contributed by atoms with van der Waals surface area (Å²) in [6.07, 6.45) is 8.87. The smallest absolute Gasteiger partial charge is 0.290 e. The van der Waals surface area contributed by atoms with Gasteiger partial charge in [-0.3, -0.25) is 4.79 Å². The van der Waals surface area contributed by atoms with Crippen LogP contribution in [0.1, 0.15) is 30.9 Å². The molecule has 0 bridgehead atoms. The van der Waals surface area contributed by atoms with Crippen LogP contribution in [0.25, 0.3) is 0 Å². The van der Waals surface area contributed by atoms with E-state index in [9.17, 15) is 9.90 Å². The van der Waals surface area contributed by atoms with Crippen molar-refractivity contribution < 1.29 is 39.1 Å². The van der Waals surface area contributed by atoms with Crippen LogP contribution in [0, 0.1) is 0 Å². The predicted octanol–water partition coefficient (Wildman–Crippen LogP) is 6.42. The van der Waals surface area contributed by atoms with E-state index in [1.807, 2.05) is 84.9 Å². The molecule has 9 heteroatoms. The molecule has 0 radical (unpaired) electrons.